The minimum Gasteiger partial charge on any atom is -0.354 e. The van der Waals surface area contributed by atoms with E-state index in [4.69, 9.17) is 40.7 Å². The van der Waals surface area contributed by atoms with Crippen LogP contribution in [-0.4, -0.2) is 38.6 Å². The summed E-state index contributed by atoms with van der Waals surface area (Å²) < 4.78 is 2.85. The summed E-state index contributed by atoms with van der Waals surface area (Å²) in [5.74, 6) is -0.131. The number of nitrogens with one attached hydrogen (secondary N) is 2. The lowest BCUT2D eigenvalue weighted by Crippen LogP contribution is -2.40. The van der Waals surface area contributed by atoms with Crippen molar-refractivity contribution < 1.29 is 4.79 Å². The normalized spacial score (nSPS) is 10.6. The second-order valence-corrected chi connectivity index (χ2v) is 11.0. The molecule has 1 aromatic heterocycles. The van der Waals surface area contributed by atoms with Crippen molar-refractivity contribution in [1.29, 1.82) is 5.26 Å². The lowest BCUT2D eigenvalue weighted by molar-refractivity contribution is -0.120. The summed E-state index contributed by atoms with van der Waals surface area (Å²) in [4.78, 5) is 19.0. The van der Waals surface area contributed by atoms with Gasteiger partial charge in [-0.3, -0.25) is 4.79 Å². The number of hydrogen-bond donors (Lipinski definition) is 2. The predicted octanol–water partition coefficient (Wildman–Crippen LogP) is 6.43. The van der Waals surface area contributed by atoms with Crippen LogP contribution in [-0.2, 0) is 24.3 Å². The van der Waals surface area contributed by atoms with Crippen molar-refractivity contribution >= 4 is 68.1 Å². The van der Waals surface area contributed by atoms with E-state index in [1.54, 1.807) is 30.7 Å². The van der Waals surface area contributed by atoms with E-state index in [1.165, 1.54) is 0 Å². The Morgan fingerprint density at radius 2 is 1.90 bits per heavy atom. The fourth-order valence-corrected chi connectivity index (χ4v) is 5.03. The molecule has 0 atom stereocenters. The molecule has 4 rings (SSSR count). The highest BCUT2D eigenvalue weighted by molar-refractivity contribution is 9.10. The van der Waals surface area contributed by atoms with Crippen molar-refractivity contribution in [3.8, 4) is 6.07 Å². The first-order valence-electron chi connectivity index (χ1n) is 12.3. The number of thiocarbonyl (C=S) groups is 1. The number of nitriles is 1. The zero-order valence-corrected chi connectivity index (χ0v) is 25.2. The average molecular weight is 656 g/mol. The highest BCUT2D eigenvalue weighted by Gasteiger charge is 2.15. The first kappa shape index (κ1) is 29.6. The fourth-order valence-electron chi connectivity index (χ4n) is 3.97. The maximum Gasteiger partial charge on any atom is 0.226 e. The number of nitrogens with zero attached hydrogens (tertiary/aromatic N) is 4. The number of anilines is 1. The van der Waals surface area contributed by atoms with E-state index < -0.39 is 0 Å². The van der Waals surface area contributed by atoms with Crippen LogP contribution in [0.15, 0.2) is 83.7 Å². The van der Waals surface area contributed by atoms with Gasteiger partial charge in [-0.05, 0) is 59.7 Å². The highest BCUT2D eigenvalue weighted by atomic mass is 79.9. The molecule has 0 aliphatic carbocycles. The van der Waals surface area contributed by atoms with E-state index in [9.17, 15) is 4.79 Å². The van der Waals surface area contributed by atoms with Gasteiger partial charge in [-0.15, -0.1) is 0 Å². The predicted molar refractivity (Wildman–Crippen MR) is 166 cm³/mol. The highest BCUT2D eigenvalue weighted by Crippen LogP contribution is 2.27. The summed E-state index contributed by atoms with van der Waals surface area (Å²) in [5.41, 5.74) is 4.07. The van der Waals surface area contributed by atoms with Gasteiger partial charge < -0.3 is 20.1 Å². The second-order valence-electron chi connectivity index (χ2n) is 8.92. The molecule has 0 radical (unpaired) electrons. The Morgan fingerprint density at radius 1 is 1.12 bits per heavy atom. The molecule has 0 fully saturated rings. The quantitative estimate of drug-likeness (QED) is 0.192. The molecule has 4 aromatic rings. The van der Waals surface area contributed by atoms with Crippen LogP contribution in [0, 0.1) is 11.3 Å². The summed E-state index contributed by atoms with van der Waals surface area (Å²) >= 11 is 21.9. The van der Waals surface area contributed by atoms with Gasteiger partial charge >= 0.3 is 0 Å². The largest absolute Gasteiger partial charge is 0.354 e. The summed E-state index contributed by atoms with van der Waals surface area (Å²) in [7, 11) is 0. The van der Waals surface area contributed by atoms with Crippen LogP contribution in [0.3, 0.4) is 0 Å². The molecule has 0 aliphatic heterocycles. The number of halogens is 3. The van der Waals surface area contributed by atoms with Crippen molar-refractivity contribution in [1.82, 2.24) is 19.8 Å². The van der Waals surface area contributed by atoms with E-state index in [1.807, 2.05) is 58.0 Å². The van der Waals surface area contributed by atoms with Gasteiger partial charge in [-0.2, -0.15) is 5.26 Å². The summed E-state index contributed by atoms with van der Waals surface area (Å²) in [5, 5.41) is 16.7. The molecule has 0 saturated carbocycles. The van der Waals surface area contributed by atoms with Crippen LogP contribution in [0.4, 0.5) is 5.69 Å². The number of rotatable bonds is 10. The van der Waals surface area contributed by atoms with Crippen molar-refractivity contribution in [3.05, 3.63) is 116 Å². The van der Waals surface area contributed by atoms with Gasteiger partial charge in [0, 0.05) is 48.2 Å². The van der Waals surface area contributed by atoms with Crippen LogP contribution in [0.1, 0.15) is 22.4 Å². The average Bonchev–Trinajstić information content (AvgIpc) is 3.37. The van der Waals surface area contributed by atoms with E-state index in [2.05, 4.69) is 37.6 Å². The number of hydrogen-bond acceptors (Lipinski definition) is 4. The Balaban J connectivity index is 1.37. The third kappa shape index (κ3) is 8.29. The smallest absolute Gasteiger partial charge is 0.226 e. The molecule has 0 aliphatic rings. The van der Waals surface area contributed by atoms with E-state index in [0.717, 1.165) is 27.0 Å². The third-order valence-electron chi connectivity index (χ3n) is 6.04. The van der Waals surface area contributed by atoms with Crippen molar-refractivity contribution in [2.45, 2.75) is 19.5 Å². The fraction of sp³-hybridized carbons (Fsp3) is 0.172. The zero-order chi connectivity index (χ0) is 28.5. The molecule has 1 heterocycles. The second kappa shape index (κ2) is 14.3. The summed E-state index contributed by atoms with van der Waals surface area (Å²) in [6.45, 7) is 1.77. The maximum atomic E-state index is 12.8. The van der Waals surface area contributed by atoms with Gasteiger partial charge in [0.05, 0.1) is 34.4 Å². The van der Waals surface area contributed by atoms with E-state index >= 15 is 0 Å². The lowest BCUT2D eigenvalue weighted by atomic mass is 10.1. The molecule has 3 aromatic carbocycles. The number of carbonyl (C=O) groups excluding carboxylic acids is 1. The van der Waals surface area contributed by atoms with Crippen LogP contribution in [0.25, 0.3) is 0 Å². The van der Waals surface area contributed by atoms with Crippen LogP contribution in [0.2, 0.25) is 10.0 Å². The molecule has 40 heavy (non-hydrogen) atoms. The van der Waals surface area contributed by atoms with E-state index in [0.29, 0.717) is 46.9 Å². The summed E-state index contributed by atoms with van der Waals surface area (Å²) in [6, 6.07) is 22.6. The minimum absolute atomic E-state index is 0.131. The molecule has 0 saturated heterocycles. The van der Waals surface area contributed by atoms with Gasteiger partial charge in [0.2, 0.25) is 5.91 Å². The molecular formula is C29H25BrCl2N6OS. The first-order chi connectivity index (χ1) is 19.3. The lowest BCUT2D eigenvalue weighted by Gasteiger charge is -2.27. The van der Waals surface area contributed by atoms with Crippen LogP contribution in [0.5, 0.6) is 0 Å². The zero-order valence-electron chi connectivity index (χ0n) is 21.3. The number of carbonyl (C=O) groups is 1. The van der Waals surface area contributed by atoms with Gasteiger partial charge in [0.25, 0.3) is 0 Å². The minimum atomic E-state index is -0.131. The number of imidazole rings is 1. The van der Waals surface area contributed by atoms with Crippen molar-refractivity contribution in [3.63, 3.8) is 0 Å². The Morgan fingerprint density at radius 3 is 2.65 bits per heavy atom. The number of amides is 1. The molecule has 1 amide bonds. The third-order valence-corrected chi connectivity index (χ3v) is 7.75. The number of aromatic nitrogens is 2. The Kier molecular flexibility index (Phi) is 10.6. The standard InChI is InChI=1S/C29H25BrCl2N6OS/c30-23-4-2-5-24(13-23)36-29(40)37(18-22-3-1-6-26(31)28(22)32)12-11-35-27(39)14-25-16-34-19-38(25)17-21-9-7-20(15-33)8-10-21/h1-10,13,16,19H,11-12,14,17-18H2,(H,35,39)(H,36,40). The molecule has 0 spiro atoms. The SMILES string of the molecule is N#Cc1ccc(Cn2cncc2CC(=O)NCCN(Cc2cccc(Cl)c2Cl)C(=S)Nc2cccc(Br)c2)cc1. The summed E-state index contributed by atoms with van der Waals surface area (Å²) in [6.07, 6.45) is 3.56. The molecule has 2 N–H and O–H groups in total. The molecule has 0 bridgehead atoms. The van der Waals surface area contributed by atoms with E-state index in [-0.39, 0.29) is 12.3 Å². The monoisotopic (exact) mass is 654 g/mol. The molecule has 0 unspecified atom stereocenters. The topological polar surface area (TPSA) is 86.0 Å². The first-order valence-corrected chi connectivity index (χ1v) is 14.3. The van der Waals surface area contributed by atoms with Crippen LogP contribution >= 0.6 is 51.3 Å². The molecule has 7 nitrogen and oxygen atoms in total. The Labute approximate surface area is 256 Å². The van der Waals surface area contributed by atoms with Gasteiger partial charge in [-0.25, -0.2) is 4.98 Å². The molecular weight excluding hydrogens is 631 g/mol. The van der Waals surface area contributed by atoms with Gasteiger partial charge in [0.15, 0.2) is 5.11 Å². The van der Waals surface area contributed by atoms with Crippen LogP contribution < -0.4 is 10.6 Å². The van der Waals surface area contributed by atoms with Crippen molar-refractivity contribution in [2.24, 2.45) is 0 Å². The Hall–Kier alpha value is -3.42. The molecule has 204 valence electrons. The van der Waals surface area contributed by atoms with Crippen molar-refractivity contribution in [2.75, 3.05) is 18.4 Å². The molecule has 11 heteroatoms. The van der Waals surface area contributed by atoms with Gasteiger partial charge in [-0.1, -0.05) is 69.5 Å². The van der Waals surface area contributed by atoms with Gasteiger partial charge in [0.1, 0.15) is 0 Å². The maximum absolute atomic E-state index is 12.8. The Bertz CT molecular complexity index is 1540. The number of benzene rings is 3.